The van der Waals surface area contributed by atoms with Gasteiger partial charge in [-0.3, -0.25) is 0 Å². The van der Waals surface area contributed by atoms with Gasteiger partial charge in [-0.2, -0.15) is 5.10 Å². The minimum atomic E-state index is 0.318. The number of rotatable bonds is 6. The maximum Gasteiger partial charge on any atom is 0.136 e. The lowest BCUT2D eigenvalue weighted by Crippen LogP contribution is -2.29. The summed E-state index contributed by atoms with van der Waals surface area (Å²) in [5, 5.41) is 16.4. The number of nitrogens with one attached hydrogen (secondary N) is 2. The van der Waals surface area contributed by atoms with Gasteiger partial charge in [-0.05, 0) is 49.6 Å². The van der Waals surface area contributed by atoms with Crippen LogP contribution in [-0.4, -0.2) is 39.7 Å². The highest BCUT2D eigenvalue weighted by atomic mass is 16.5. The summed E-state index contributed by atoms with van der Waals surface area (Å²) in [7, 11) is 0. The largest absolute Gasteiger partial charge is 0.381 e. The summed E-state index contributed by atoms with van der Waals surface area (Å²) < 4.78 is 7.36. The van der Waals surface area contributed by atoms with E-state index in [4.69, 9.17) is 15.1 Å². The minimum Gasteiger partial charge on any atom is -0.381 e. The van der Waals surface area contributed by atoms with E-state index in [9.17, 15) is 0 Å². The van der Waals surface area contributed by atoms with Crippen LogP contribution in [0.4, 0.5) is 5.82 Å². The van der Waals surface area contributed by atoms with Gasteiger partial charge in [0.2, 0.25) is 0 Å². The SMILES string of the molecule is CCC(=N)c1ccc(-c2ccnn2-c2ccccc2)nc1NC1CCOCC1. The predicted octanol–water partition coefficient (Wildman–Crippen LogP) is 4.30. The van der Waals surface area contributed by atoms with Gasteiger partial charge >= 0.3 is 0 Å². The Morgan fingerprint density at radius 2 is 1.93 bits per heavy atom. The average Bonchev–Trinajstić information content (AvgIpc) is 3.24. The lowest BCUT2D eigenvalue weighted by Gasteiger charge is -2.25. The van der Waals surface area contributed by atoms with E-state index in [1.807, 2.05) is 60.1 Å². The quantitative estimate of drug-likeness (QED) is 0.630. The summed E-state index contributed by atoms with van der Waals surface area (Å²) in [6, 6.07) is 16.3. The Hall–Kier alpha value is -2.99. The van der Waals surface area contributed by atoms with Gasteiger partial charge in [0, 0.05) is 30.5 Å². The number of pyridine rings is 1. The highest BCUT2D eigenvalue weighted by Crippen LogP contribution is 2.26. The molecule has 0 radical (unpaired) electrons. The Kier molecular flexibility index (Phi) is 5.48. The number of hydrogen-bond acceptors (Lipinski definition) is 5. The second-order valence-corrected chi connectivity index (χ2v) is 6.92. The van der Waals surface area contributed by atoms with Crippen molar-refractivity contribution in [2.24, 2.45) is 0 Å². The first-order chi connectivity index (χ1) is 13.8. The third-order valence-electron chi connectivity index (χ3n) is 5.04. The van der Waals surface area contributed by atoms with Crippen molar-refractivity contribution in [3.8, 4) is 17.1 Å². The van der Waals surface area contributed by atoms with Crippen molar-refractivity contribution < 1.29 is 4.74 Å². The Bertz CT molecular complexity index is 945. The van der Waals surface area contributed by atoms with Gasteiger partial charge in [-0.25, -0.2) is 9.67 Å². The van der Waals surface area contributed by atoms with E-state index in [1.165, 1.54) is 0 Å². The number of para-hydroxylation sites is 1. The smallest absolute Gasteiger partial charge is 0.136 e. The van der Waals surface area contributed by atoms with Gasteiger partial charge < -0.3 is 15.5 Å². The van der Waals surface area contributed by atoms with E-state index >= 15 is 0 Å². The molecule has 28 heavy (non-hydrogen) atoms. The van der Waals surface area contributed by atoms with E-state index < -0.39 is 0 Å². The molecule has 0 unspecified atom stereocenters. The van der Waals surface area contributed by atoms with E-state index in [2.05, 4.69) is 10.4 Å². The molecule has 1 aromatic carbocycles. The lowest BCUT2D eigenvalue weighted by molar-refractivity contribution is 0.0904. The van der Waals surface area contributed by atoms with Crippen LogP contribution in [0.5, 0.6) is 0 Å². The van der Waals surface area contributed by atoms with Crippen molar-refractivity contribution in [3.05, 3.63) is 60.3 Å². The van der Waals surface area contributed by atoms with Crippen molar-refractivity contribution in [1.29, 1.82) is 5.41 Å². The number of benzene rings is 1. The van der Waals surface area contributed by atoms with Gasteiger partial charge in [-0.15, -0.1) is 0 Å². The van der Waals surface area contributed by atoms with Crippen molar-refractivity contribution >= 4 is 11.5 Å². The molecule has 3 aromatic rings. The monoisotopic (exact) mass is 375 g/mol. The molecule has 6 nitrogen and oxygen atoms in total. The number of ether oxygens (including phenoxy) is 1. The first kappa shape index (κ1) is 18.4. The summed E-state index contributed by atoms with van der Waals surface area (Å²) in [5.41, 5.74) is 4.21. The van der Waals surface area contributed by atoms with Crippen molar-refractivity contribution in [2.45, 2.75) is 32.2 Å². The van der Waals surface area contributed by atoms with Crippen LogP contribution in [-0.2, 0) is 4.74 Å². The summed E-state index contributed by atoms with van der Waals surface area (Å²) in [6.45, 7) is 3.52. The Labute approximate surface area is 165 Å². The summed E-state index contributed by atoms with van der Waals surface area (Å²) in [4.78, 5) is 4.91. The molecule has 0 aliphatic carbocycles. The van der Waals surface area contributed by atoms with Gasteiger partial charge in [0.15, 0.2) is 0 Å². The molecule has 1 saturated heterocycles. The van der Waals surface area contributed by atoms with Crippen LogP contribution in [0.25, 0.3) is 17.1 Å². The summed E-state index contributed by atoms with van der Waals surface area (Å²) in [6.07, 6.45) is 4.36. The van der Waals surface area contributed by atoms with Gasteiger partial charge in [0.25, 0.3) is 0 Å². The molecule has 6 heteroatoms. The number of anilines is 1. The van der Waals surface area contributed by atoms with Crippen molar-refractivity contribution in [1.82, 2.24) is 14.8 Å². The summed E-state index contributed by atoms with van der Waals surface area (Å²) >= 11 is 0. The Balaban J connectivity index is 1.72. The number of aromatic nitrogens is 3. The molecular weight excluding hydrogens is 350 g/mol. The van der Waals surface area contributed by atoms with Crippen molar-refractivity contribution in [3.63, 3.8) is 0 Å². The second-order valence-electron chi connectivity index (χ2n) is 6.92. The lowest BCUT2D eigenvalue weighted by atomic mass is 10.1. The first-order valence-electron chi connectivity index (χ1n) is 9.79. The third kappa shape index (κ3) is 3.82. The molecular formula is C22H25N5O. The molecule has 3 heterocycles. The van der Waals surface area contributed by atoms with Crippen LogP contribution in [0, 0.1) is 5.41 Å². The van der Waals surface area contributed by atoms with E-state index in [-0.39, 0.29) is 0 Å². The van der Waals surface area contributed by atoms with E-state index in [1.54, 1.807) is 6.20 Å². The Morgan fingerprint density at radius 1 is 1.14 bits per heavy atom. The molecule has 1 fully saturated rings. The standard InChI is InChI=1S/C22H25N5O/c1-2-19(23)18-8-9-20(26-22(18)25-16-11-14-28-15-12-16)21-10-13-24-27(21)17-6-4-3-5-7-17/h3-10,13,16,23H,2,11-12,14-15H2,1H3,(H,25,26). The number of hydrogen-bond donors (Lipinski definition) is 2. The van der Waals surface area contributed by atoms with Gasteiger partial charge in [-0.1, -0.05) is 25.1 Å². The zero-order valence-corrected chi connectivity index (χ0v) is 16.1. The first-order valence-corrected chi connectivity index (χ1v) is 9.79. The van der Waals surface area contributed by atoms with Crippen LogP contribution in [0.15, 0.2) is 54.7 Å². The van der Waals surface area contributed by atoms with E-state index in [0.717, 1.165) is 54.5 Å². The highest BCUT2D eigenvalue weighted by molar-refractivity contribution is 6.02. The fraction of sp³-hybridized carbons (Fsp3) is 0.318. The zero-order chi connectivity index (χ0) is 19.3. The average molecular weight is 375 g/mol. The van der Waals surface area contributed by atoms with E-state index in [0.29, 0.717) is 18.2 Å². The molecule has 0 saturated carbocycles. The van der Waals surface area contributed by atoms with Crippen LogP contribution in [0.3, 0.4) is 0 Å². The molecule has 2 N–H and O–H groups in total. The fourth-order valence-corrected chi connectivity index (χ4v) is 3.45. The fourth-order valence-electron chi connectivity index (χ4n) is 3.45. The van der Waals surface area contributed by atoms with Crippen LogP contribution >= 0.6 is 0 Å². The number of nitrogens with zero attached hydrogens (tertiary/aromatic N) is 3. The normalized spacial score (nSPS) is 14.8. The Morgan fingerprint density at radius 3 is 2.68 bits per heavy atom. The third-order valence-corrected chi connectivity index (χ3v) is 5.04. The molecule has 1 aliphatic rings. The second kappa shape index (κ2) is 8.35. The highest BCUT2D eigenvalue weighted by Gasteiger charge is 2.19. The van der Waals surface area contributed by atoms with Gasteiger partial charge in [0.1, 0.15) is 5.82 Å². The van der Waals surface area contributed by atoms with Crippen LogP contribution in [0.1, 0.15) is 31.7 Å². The van der Waals surface area contributed by atoms with Crippen LogP contribution < -0.4 is 5.32 Å². The zero-order valence-electron chi connectivity index (χ0n) is 16.1. The molecule has 0 bridgehead atoms. The molecule has 2 aromatic heterocycles. The molecule has 0 atom stereocenters. The molecule has 0 amide bonds. The maximum atomic E-state index is 8.34. The van der Waals surface area contributed by atoms with Gasteiger partial charge in [0.05, 0.1) is 23.3 Å². The summed E-state index contributed by atoms with van der Waals surface area (Å²) in [5.74, 6) is 0.775. The predicted molar refractivity (Wildman–Crippen MR) is 111 cm³/mol. The topological polar surface area (TPSA) is 75.8 Å². The van der Waals surface area contributed by atoms with Crippen LogP contribution in [0.2, 0.25) is 0 Å². The minimum absolute atomic E-state index is 0.318. The molecule has 1 aliphatic heterocycles. The molecule has 0 spiro atoms. The molecule has 4 rings (SSSR count). The molecule has 144 valence electrons. The van der Waals surface area contributed by atoms with Crippen molar-refractivity contribution in [2.75, 3.05) is 18.5 Å². The maximum absolute atomic E-state index is 8.34.